The van der Waals surface area contributed by atoms with Gasteiger partial charge in [0.05, 0.1) is 5.38 Å². The summed E-state index contributed by atoms with van der Waals surface area (Å²) in [4.78, 5) is 4.05. The fraction of sp³-hybridized carbons (Fsp3) is 0.400. The molecule has 0 saturated carbocycles. The van der Waals surface area contributed by atoms with Crippen molar-refractivity contribution >= 4 is 40.4 Å². The standard InChI is InChI=1S/C5H5ClIN/c6-4-2-1-3-8-5(4)7/h1-5H. The summed E-state index contributed by atoms with van der Waals surface area (Å²) < 4.78 is 0.222. The van der Waals surface area contributed by atoms with E-state index in [9.17, 15) is 0 Å². The van der Waals surface area contributed by atoms with Gasteiger partial charge in [0.25, 0.3) is 0 Å². The Labute approximate surface area is 67.0 Å². The minimum absolute atomic E-state index is 0.0839. The SMILES string of the molecule is ClC1C=CC=NC1I. The first-order valence-electron chi connectivity index (χ1n) is 2.29. The van der Waals surface area contributed by atoms with E-state index in [1.165, 1.54) is 0 Å². The molecular formula is C5H5ClIN. The molecule has 0 saturated heterocycles. The molecule has 0 aromatic carbocycles. The Bertz CT molecular complexity index is 116. The summed E-state index contributed by atoms with van der Waals surface area (Å²) in [5, 5.41) is 0.0839. The molecule has 0 radical (unpaired) electrons. The van der Waals surface area contributed by atoms with Gasteiger partial charge < -0.3 is 0 Å². The van der Waals surface area contributed by atoms with Gasteiger partial charge in [-0.05, 0) is 6.08 Å². The second kappa shape index (κ2) is 2.82. The molecule has 2 atom stereocenters. The second-order valence-electron chi connectivity index (χ2n) is 1.50. The Kier molecular flexibility index (Phi) is 2.31. The second-order valence-corrected chi connectivity index (χ2v) is 3.28. The Hall–Kier alpha value is 0.430. The van der Waals surface area contributed by atoms with Crippen molar-refractivity contribution in [3.05, 3.63) is 12.2 Å². The summed E-state index contributed by atoms with van der Waals surface area (Å²) in [6.07, 6.45) is 5.58. The Morgan fingerprint density at radius 1 is 1.62 bits per heavy atom. The van der Waals surface area contributed by atoms with Crippen LogP contribution in [0, 0.1) is 0 Å². The molecule has 1 aliphatic heterocycles. The van der Waals surface area contributed by atoms with Gasteiger partial charge in [-0.25, -0.2) is 0 Å². The third-order valence-corrected chi connectivity index (χ3v) is 2.78. The predicted molar refractivity (Wildman–Crippen MR) is 45.1 cm³/mol. The van der Waals surface area contributed by atoms with Crippen molar-refractivity contribution in [2.24, 2.45) is 4.99 Å². The minimum Gasteiger partial charge on any atom is -0.277 e. The maximum absolute atomic E-state index is 5.76. The van der Waals surface area contributed by atoms with E-state index >= 15 is 0 Å². The fourth-order valence-corrected chi connectivity index (χ4v) is 1.04. The Balaban J connectivity index is 2.59. The summed E-state index contributed by atoms with van der Waals surface area (Å²) in [5.41, 5.74) is 0. The van der Waals surface area contributed by atoms with Crippen molar-refractivity contribution in [3.63, 3.8) is 0 Å². The van der Waals surface area contributed by atoms with E-state index in [-0.39, 0.29) is 9.43 Å². The highest BCUT2D eigenvalue weighted by Gasteiger charge is 2.11. The zero-order valence-corrected chi connectivity index (χ0v) is 7.00. The van der Waals surface area contributed by atoms with Gasteiger partial charge in [0.15, 0.2) is 0 Å². The van der Waals surface area contributed by atoms with E-state index in [0.29, 0.717) is 0 Å². The van der Waals surface area contributed by atoms with Crippen LogP contribution in [-0.2, 0) is 0 Å². The molecule has 1 heterocycles. The summed E-state index contributed by atoms with van der Waals surface area (Å²) in [5.74, 6) is 0. The summed E-state index contributed by atoms with van der Waals surface area (Å²) >= 11 is 7.96. The summed E-state index contributed by atoms with van der Waals surface area (Å²) in [6, 6.07) is 0. The molecule has 0 spiro atoms. The first kappa shape index (κ1) is 6.55. The van der Waals surface area contributed by atoms with E-state index < -0.39 is 0 Å². The van der Waals surface area contributed by atoms with Crippen molar-refractivity contribution in [3.8, 4) is 0 Å². The van der Waals surface area contributed by atoms with Crippen LogP contribution in [0.3, 0.4) is 0 Å². The average molecular weight is 241 g/mol. The zero-order chi connectivity index (χ0) is 5.98. The molecule has 0 fully saturated rings. The van der Waals surface area contributed by atoms with Crippen LogP contribution in [0.1, 0.15) is 0 Å². The van der Waals surface area contributed by atoms with Gasteiger partial charge in [0, 0.05) is 6.21 Å². The lowest BCUT2D eigenvalue weighted by molar-refractivity contribution is 0.973. The molecule has 0 aromatic rings. The molecule has 44 valence electrons. The largest absolute Gasteiger partial charge is 0.277 e. The van der Waals surface area contributed by atoms with Crippen LogP contribution >= 0.6 is 34.2 Å². The van der Waals surface area contributed by atoms with Crippen LogP contribution in [0.2, 0.25) is 0 Å². The molecule has 1 rings (SSSR count). The van der Waals surface area contributed by atoms with Crippen molar-refractivity contribution < 1.29 is 0 Å². The fourth-order valence-electron chi connectivity index (χ4n) is 0.462. The number of aliphatic imine (C=N–C) groups is 1. The van der Waals surface area contributed by atoms with Crippen molar-refractivity contribution in [2.45, 2.75) is 9.43 Å². The van der Waals surface area contributed by atoms with Gasteiger partial charge in [-0.3, -0.25) is 4.99 Å². The van der Waals surface area contributed by atoms with Crippen LogP contribution < -0.4 is 0 Å². The molecule has 0 bridgehead atoms. The molecule has 2 unspecified atom stereocenters. The molecule has 0 N–H and O–H groups in total. The molecule has 0 aliphatic carbocycles. The monoisotopic (exact) mass is 241 g/mol. The molecule has 1 nitrogen and oxygen atoms in total. The smallest absolute Gasteiger partial charge is 0.121 e. The van der Waals surface area contributed by atoms with E-state index in [1.807, 2.05) is 12.2 Å². The number of allylic oxidation sites excluding steroid dienone is 1. The maximum atomic E-state index is 5.76. The van der Waals surface area contributed by atoms with E-state index in [0.717, 1.165) is 0 Å². The molecule has 8 heavy (non-hydrogen) atoms. The highest BCUT2D eigenvalue weighted by atomic mass is 127. The number of alkyl halides is 2. The van der Waals surface area contributed by atoms with Crippen LogP contribution in [0.15, 0.2) is 17.1 Å². The van der Waals surface area contributed by atoms with Gasteiger partial charge in [0.2, 0.25) is 0 Å². The molecule has 1 aliphatic rings. The molecule has 0 amide bonds. The lowest BCUT2D eigenvalue weighted by Crippen LogP contribution is -2.11. The normalized spacial score (nSPS) is 35.8. The first-order chi connectivity index (χ1) is 3.80. The van der Waals surface area contributed by atoms with Gasteiger partial charge >= 0.3 is 0 Å². The number of nitrogens with zero attached hydrogens (tertiary/aromatic N) is 1. The van der Waals surface area contributed by atoms with Crippen LogP contribution in [0.5, 0.6) is 0 Å². The summed E-state index contributed by atoms with van der Waals surface area (Å²) in [7, 11) is 0. The van der Waals surface area contributed by atoms with Gasteiger partial charge in [-0.1, -0.05) is 28.7 Å². The summed E-state index contributed by atoms with van der Waals surface area (Å²) in [6.45, 7) is 0. The molecule has 0 aromatic heterocycles. The first-order valence-corrected chi connectivity index (χ1v) is 3.97. The Morgan fingerprint density at radius 2 is 2.38 bits per heavy atom. The zero-order valence-electron chi connectivity index (χ0n) is 4.09. The lowest BCUT2D eigenvalue weighted by Gasteiger charge is -2.09. The van der Waals surface area contributed by atoms with Crippen molar-refractivity contribution in [1.82, 2.24) is 0 Å². The number of halogens is 2. The third-order valence-electron chi connectivity index (χ3n) is 0.872. The van der Waals surface area contributed by atoms with Gasteiger partial charge in [-0.15, -0.1) is 11.6 Å². The number of hydrogen-bond donors (Lipinski definition) is 0. The van der Waals surface area contributed by atoms with E-state index in [1.54, 1.807) is 6.21 Å². The number of dihydropyridines is 1. The van der Waals surface area contributed by atoms with Gasteiger partial charge in [-0.2, -0.15) is 0 Å². The number of rotatable bonds is 0. The molecular weight excluding hydrogens is 236 g/mol. The average Bonchev–Trinajstić information content (AvgIpc) is 1.77. The topological polar surface area (TPSA) is 12.4 Å². The van der Waals surface area contributed by atoms with Gasteiger partial charge in [0.1, 0.15) is 4.05 Å². The predicted octanol–water partition coefficient (Wildman–Crippen LogP) is 2.00. The quantitative estimate of drug-likeness (QED) is 0.349. The maximum Gasteiger partial charge on any atom is 0.121 e. The van der Waals surface area contributed by atoms with Crippen LogP contribution in [0.4, 0.5) is 0 Å². The van der Waals surface area contributed by atoms with Crippen molar-refractivity contribution in [1.29, 1.82) is 0 Å². The lowest BCUT2D eigenvalue weighted by atomic mass is 10.3. The highest BCUT2D eigenvalue weighted by molar-refractivity contribution is 14.1. The highest BCUT2D eigenvalue weighted by Crippen LogP contribution is 2.17. The van der Waals surface area contributed by atoms with Crippen LogP contribution in [0.25, 0.3) is 0 Å². The minimum atomic E-state index is 0.0839. The van der Waals surface area contributed by atoms with E-state index in [2.05, 4.69) is 27.6 Å². The number of hydrogen-bond acceptors (Lipinski definition) is 1. The van der Waals surface area contributed by atoms with Crippen molar-refractivity contribution in [2.75, 3.05) is 0 Å². The molecule has 3 heteroatoms. The Morgan fingerprint density at radius 3 is 2.75 bits per heavy atom. The third kappa shape index (κ3) is 1.45. The van der Waals surface area contributed by atoms with Crippen LogP contribution in [-0.4, -0.2) is 15.6 Å². The van der Waals surface area contributed by atoms with E-state index in [4.69, 9.17) is 11.6 Å².